The molecule has 12 heavy (non-hydrogen) atoms. The van der Waals surface area contributed by atoms with Gasteiger partial charge in [-0.05, 0) is 17.3 Å². The van der Waals surface area contributed by atoms with Crippen LogP contribution in [0.25, 0.3) is 0 Å². The van der Waals surface area contributed by atoms with Gasteiger partial charge in [0.25, 0.3) is 5.95 Å². The molecule has 6 heteroatoms. The highest BCUT2D eigenvalue weighted by atomic mass is 15.5. The number of H-pyrrole nitrogens is 1. The standard InChI is InChI=1S/C6H6N6/c1-2-5(4-7-3-1)8-6-9-11-12-10-6/h1-4H,(H2,8,9,10,11,12). The lowest BCUT2D eigenvalue weighted by Crippen LogP contribution is -1.92. The van der Waals surface area contributed by atoms with E-state index in [4.69, 9.17) is 0 Å². The zero-order chi connectivity index (χ0) is 8.23. The third kappa shape index (κ3) is 1.36. The zero-order valence-corrected chi connectivity index (χ0v) is 6.10. The average molecular weight is 162 g/mol. The summed E-state index contributed by atoms with van der Waals surface area (Å²) >= 11 is 0. The number of aromatic nitrogens is 5. The second kappa shape index (κ2) is 2.95. The van der Waals surface area contributed by atoms with E-state index >= 15 is 0 Å². The summed E-state index contributed by atoms with van der Waals surface area (Å²) in [5.74, 6) is 0.433. The van der Waals surface area contributed by atoms with Crippen molar-refractivity contribution in [1.82, 2.24) is 25.6 Å². The van der Waals surface area contributed by atoms with Crippen LogP contribution in [0.15, 0.2) is 24.5 Å². The predicted molar refractivity (Wildman–Crippen MR) is 41.7 cm³/mol. The molecule has 0 aliphatic rings. The SMILES string of the molecule is c1cncc(Nc2nn[nH]n2)c1. The van der Waals surface area contributed by atoms with Gasteiger partial charge in [0.1, 0.15) is 0 Å². The van der Waals surface area contributed by atoms with Gasteiger partial charge in [-0.2, -0.15) is 5.21 Å². The first-order chi connectivity index (χ1) is 5.95. The van der Waals surface area contributed by atoms with E-state index in [1.54, 1.807) is 12.4 Å². The van der Waals surface area contributed by atoms with Gasteiger partial charge in [0.2, 0.25) is 0 Å². The number of hydrogen-bond acceptors (Lipinski definition) is 5. The van der Waals surface area contributed by atoms with Crippen molar-refractivity contribution in [3.05, 3.63) is 24.5 Å². The number of pyridine rings is 1. The Kier molecular flexibility index (Phi) is 1.65. The summed E-state index contributed by atoms with van der Waals surface area (Å²) in [6, 6.07) is 3.69. The van der Waals surface area contributed by atoms with Crippen molar-refractivity contribution in [3.63, 3.8) is 0 Å². The average Bonchev–Trinajstić information content (AvgIpc) is 2.59. The summed E-state index contributed by atoms with van der Waals surface area (Å²) in [5, 5.41) is 16.1. The van der Waals surface area contributed by atoms with E-state index in [-0.39, 0.29) is 0 Å². The molecular weight excluding hydrogens is 156 g/mol. The maximum atomic E-state index is 3.92. The zero-order valence-electron chi connectivity index (χ0n) is 6.10. The van der Waals surface area contributed by atoms with E-state index in [9.17, 15) is 0 Å². The van der Waals surface area contributed by atoms with Crippen LogP contribution in [0.1, 0.15) is 0 Å². The second-order valence-electron chi connectivity index (χ2n) is 2.10. The molecule has 0 bridgehead atoms. The molecule has 0 saturated heterocycles. The Morgan fingerprint density at radius 2 is 2.42 bits per heavy atom. The summed E-state index contributed by atoms with van der Waals surface area (Å²) in [6.45, 7) is 0. The molecular formula is C6H6N6. The van der Waals surface area contributed by atoms with Crippen molar-refractivity contribution in [3.8, 4) is 0 Å². The molecule has 0 saturated carbocycles. The Morgan fingerprint density at radius 1 is 1.42 bits per heavy atom. The first-order valence-corrected chi connectivity index (χ1v) is 3.35. The van der Waals surface area contributed by atoms with Crippen LogP contribution in [0.2, 0.25) is 0 Å². The topological polar surface area (TPSA) is 79.4 Å². The predicted octanol–water partition coefficient (Wildman–Crippen LogP) is 0.338. The fraction of sp³-hybridized carbons (Fsp3) is 0. The minimum atomic E-state index is 0.433. The van der Waals surface area contributed by atoms with Crippen molar-refractivity contribution in [2.75, 3.05) is 5.32 Å². The van der Waals surface area contributed by atoms with E-state index in [2.05, 4.69) is 30.9 Å². The molecule has 0 aliphatic carbocycles. The number of hydrogen-bond donors (Lipinski definition) is 2. The van der Waals surface area contributed by atoms with Gasteiger partial charge in [0.15, 0.2) is 0 Å². The quantitative estimate of drug-likeness (QED) is 0.665. The molecule has 0 radical (unpaired) electrons. The minimum Gasteiger partial charge on any atom is -0.320 e. The normalized spacial score (nSPS) is 9.67. The molecule has 0 amide bonds. The van der Waals surface area contributed by atoms with E-state index in [0.29, 0.717) is 5.95 Å². The molecule has 0 spiro atoms. The fourth-order valence-corrected chi connectivity index (χ4v) is 0.781. The van der Waals surface area contributed by atoms with Crippen LogP contribution < -0.4 is 5.32 Å². The van der Waals surface area contributed by atoms with Gasteiger partial charge >= 0.3 is 0 Å². The number of rotatable bonds is 2. The third-order valence-corrected chi connectivity index (χ3v) is 1.26. The molecule has 0 aliphatic heterocycles. The van der Waals surface area contributed by atoms with Crippen LogP contribution in [0, 0.1) is 0 Å². The molecule has 2 rings (SSSR count). The molecule has 0 atom stereocenters. The molecule has 60 valence electrons. The molecule has 0 aromatic carbocycles. The van der Waals surface area contributed by atoms with Gasteiger partial charge in [-0.25, -0.2) is 0 Å². The lowest BCUT2D eigenvalue weighted by Gasteiger charge is -1.97. The van der Waals surface area contributed by atoms with Crippen molar-refractivity contribution < 1.29 is 0 Å². The minimum absolute atomic E-state index is 0.433. The van der Waals surface area contributed by atoms with Gasteiger partial charge in [0.05, 0.1) is 11.9 Å². The lowest BCUT2D eigenvalue weighted by molar-refractivity contribution is 0.881. The Bertz CT molecular complexity index is 328. The van der Waals surface area contributed by atoms with Gasteiger partial charge in [0, 0.05) is 6.20 Å². The highest BCUT2D eigenvalue weighted by molar-refractivity contribution is 5.49. The number of aromatic amines is 1. The fourth-order valence-electron chi connectivity index (χ4n) is 0.781. The van der Waals surface area contributed by atoms with E-state index in [1.807, 2.05) is 12.1 Å². The Morgan fingerprint density at radius 3 is 3.08 bits per heavy atom. The maximum Gasteiger partial charge on any atom is 0.267 e. The molecule has 6 nitrogen and oxygen atoms in total. The first-order valence-electron chi connectivity index (χ1n) is 3.35. The molecule has 0 unspecified atom stereocenters. The number of tetrazole rings is 1. The lowest BCUT2D eigenvalue weighted by atomic mass is 10.4. The molecule has 2 heterocycles. The van der Waals surface area contributed by atoms with Gasteiger partial charge < -0.3 is 5.32 Å². The largest absolute Gasteiger partial charge is 0.320 e. The van der Waals surface area contributed by atoms with Crippen LogP contribution in [-0.4, -0.2) is 25.6 Å². The first kappa shape index (κ1) is 6.71. The number of anilines is 2. The van der Waals surface area contributed by atoms with Crippen molar-refractivity contribution in [2.45, 2.75) is 0 Å². The van der Waals surface area contributed by atoms with Crippen molar-refractivity contribution in [2.24, 2.45) is 0 Å². The van der Waals surface area contributed by atoms with Crippen LogP contribution >= 0.6 is 0 Å². The summed E-state index contributed by atoms with van der Waals surface area (Å²) in [5.41, 5.74) is 0.832. The van der Waals surface area contributed by atoms with E-state index in [1.165, 1.54) is 0 Å². The Balaban J connectivity index is 2.15. The highest BCUT2D eigenvalue weighted by Crippen LogP contribution is 2.07. The molecule has 2 aromatic heterocycles. The van der Waals surface area contributed by atoms with Gasteiger partial charge in [-0.15, -0.1) is 5.10 Å². The molecule has 2 N–H and O–H groups in total. The summed E-state index contributed by atoms with van der Waals surface area (Å²) in [6.07, 6.45) is 3.37. The van der Waals surface area contributed by atoms with Crippen LogP contribution in [0.3, 0.4) is 0 Å². The van der Waals surface area contributed by atoms with Crippen LogP contribution in [-0.2, 0) is 0 Å². The van der Waals surface area contributed by atoms with E-state index < -0.39 is 0 Å². The van der Waals surface area contributed by atoms with Crippen LogP contribution in [0.5, 0.6) is 0 Å². The smallest absolute Gasteiger partial charge is 0.267 e. The Labute approximate surface area is 68.0 Å². The summed E-state index contributed by atoms with van der Waals surface area (Å²) in [7, 11) is 0. The van der Waals surface area contributed by atoms with Crippen LogP contribution in [0.4, 0.5) is 11.6 Å². The van der Waals surface area contributed by atoms with Crippen molar-refractivity contribution >= 4 is 11.6 Å². The monoisotopic (exact) mass is 162 g/mol. The maximum absolute atomic E-state index is 3.92. The molecule has 0 fully saturated rings. The third-order valence-electron chi connectivity index (χ3n) is 1.26. The van der Waals surface area contributed by atoms with Gasteiger partial charge in [-0.3, -0.25) is 4.98 Å². The van der Waals surface area contributed by atoms with Gasteiger partial charge in [-0.1, -0.05) is 5.10 Å². The number of nitrogens with zero attached hydrogens (tertiary/aromatic N) is 4. The Hall–Kier alpha value is -1.98. The summed E-state index contributed by atoms with van der Waals surface area (Å²) < 4.78 is 0. The highest BCUT2D eigenvalue weighted by Gasteiger charge is 1.96. The van der Waals surface area contributed by atoms with E-state index in [0.717, 1.165) is 5.69 Å². The number of nitrogens with one attached hydrogen (secondary N) is 2. The summed E-state index contributed by atoms with van der Waals surface area (Å²) in [4.78, 5) is 3.92. The molecule has 2 aromatic rings. The van der Waals surface area contributed by atoms with Crippen molar-refractivity contribution in [1.29, 1.82) is 0 Å². The second-order valence-corrected chi connectivity index (χ2v) is 2.10.